The number of hydrogen-bond acceptors (Lipinski definition) is 4. The number of carbonyl (C=O) groups excluding carboxylic acids is 1. The van der Waals surface area contributed by atoms with Crippen LogP contribution < -0.4 is 14.9 Å². The van der Waals surface area contributed by atoms with Crippen LogP contribution in [0.1, 0.15) is 18.1 Å². The number of hydrogen-bond donors (Lipinski definition) is 1. The summed E-state index contributed by atoms with van der Waals surface area (Å²) in [7, 11) is 0. The third-order valence-corrected chi connectivity index (χ3v) is 3.06. The van der Waals surface area contributed by atoms with E-state index >= 15 is 0 Å². The molecule has 2 aromatic rings. The third kappa shape index (κ3) is 5.14. The molecule has 0 atom stereocenters. The minimum atomic E-state index is -0.321. The maximum absolute atomic E-state index is 11.7. The fraction of sp³-hybridized carbons (Fsp3) is 0.222. The molecule has 0 saturated heterocycles. The Labute approximate surface area is 135 Å². The fourth-order valence-electron chi connectivity index (χ4n) is 1.94. The normalized spacial score (nSPS) is 10.5. The van der Waals surface area contributed by atoms with Crippen LogP contribution in [0.4, 0.5) is 0 Å². The van der Waals surface area contributed by atoms with Gasteiger partial charge in [-0.25, -0.2) is 5.43 Å². The third-order valence-electron chi connectivity index (χ3n) is 3.06. The van der Waals surface area contributed by atoms with Crippen molar-refractivity contribution >= 4 is 12.1 Å². The van der Waals surface area contributed by atoms with Crippen molar-refractivity contribution < 1.29 is 14.3 Å². The second-order valence-corrected chi connectivity index (χ2v) is 4.82. The Bertz CT molecular complexity index is 683. The van der Waals surface area contributed by atoms with Crippen LogP contribution in [0.3, 0.4) is 0 Å². The Morgan fingerprint density at radius 3 is 2.52 bits per heavy atom. The largest absolute Gasteiger partial charge is 0.493 e. The van der Waals surface area contributed by atoms with Crippen LogP contribution >= 0.6 is 0 Å². The van der Waals surface area contributed by atoms with Gasteiger partial charge in [0.2, 0.25) is 0 Å². The van der Waals surface area contributed by atoms with Crippen molar-refractivity contribution in [2.24, 2.45) is 5.10 Å². The van der Waals surface area contributed by atoms with Crippen LogP contribution in [0.5, 0.6) is 11.5 Å². The lowest BCUT2D eigenvalue weighted by Gasteiger charge is -2.08. The van der Waals surface area contributed by atoms with Gasteiger partial charge in [0.1, 0.15) is 11.5 Å². The zero-order valence-corrected chi connectivity index (χ0v) is 13.3. The lowest BCUT2D eigenvalue weighted by Crippen LogP contribution is -2.24. The number of nitrogens with one attached hydrogen (secondary N) is 1. The van der Waals surface area contributed by atoms with Crippen molar-refractivity contribution in [3.05, 3.63) is 59.7 Å². The first kappa shape index (κ1) is 16.5. The zero-order chi connectivity index (χ0) is 16.5. The highest BCUT2D eigenvalue weighted by molar-refractivity contribution is 5.85. The minimum absolute atomic E-state index is 0.0880. The van der Waals surface area contributed by atoms with E-state index in [-0.39, 0.29) is 12.5 Å². The van der Waals surface area contributed by atoms with E-state index in [4.69, 9.17) is 9.47 Å². The first-order chi connectivity index (χ1) is 11.2. The van der Waals surface area contributed by atoms with Gasteiger partial charge in [-0.3, -0.25) is 4.79 Å². The van der Waals surface area contributed by atoms with Crippen molar-refractivity contribution in [1.29, 1.82) is 0 Å². The molecule has 1 amide bonds. The summed E-state index contributed by atoms with van der Waals surface area (Å²) in [6.45, 7) is 4.32. The second kappa shape index (κ2) is 8.58. The number of aryl methyl sites for hydroxylation is 1. The molecule has 0 radical (unpaired) electrons. The Hall–Kier alpha value is -2.82. The van der Waals surface area contributed by atoms with Crippen LogP contribution in [0.15, 0.2) is 53.6 Å². The predicted octanol–water partition coefficient (Wildman–Crippen LogP) is 2.92. The number of nitrogens with zero attached hydrogens (tertiary/aromatic N) is 1. The molecule has 23 heavy (non-hydrogen) atoms. The van der Waals surface area contributed by atoms with Gasteiger partial charge in [-0.1, -0.05) is 30.3 Å². The Kier molecular flexibility index (Phi) is 6.17. The molecule has 0 heterocycles. The van der Waals surface area contributed by atoms with E-state index in [2.05, 4.69) is 10.5 Å². The smallest absolute Gasteiger partial charge is 0.277 e. The van der Waals surface area contributed by atoms with Crippen molar-refractivity contribution in [2.45, 2.75) is 13.8 Å². The van der Waals surface area contributed by atoms with Gasteiger partial charge < -0.3 is 9.47 Å². The Morgan fingerprint density at radius 2 is 1.78 bits per heavy atom. The zero-order valence-electron chi connectivity index (χ0n) is 13.3. The molecule has 5 heteroatoms. The van der Waals surface area contributed by atoms with E-state index in [1.807, 2.05) is 62.4 Å². The van der Waals surface area contributed by atoms with Gasteiger partial charge in [-0.15, -0.1) is 0 Å². The van der Waals surface area contributed by atoms with Gasteiger partial charge in [0.25, 0.3) is 5.91 Å². The quantitative estimate of drug-likeness (QED) is 0.631. The van der Waals surface area contributed by atoms with Crippen LogP contribution in [0.25, 0.3) is 0 Å². The molecule has 0 saturated carbocycles. The number of carbonyl (C=O) groups is 1. The molecule has 0 unspecified atom stereocenters. The maximum Gasteiger partial charge on any atom is 0.277 e. The molecular weight excluding hydrogens is 292 g/mol. The summed E-state index contributed by atoms with van der Waals surface area (Å²) in [6, 6.07) is 15.0. The second-order valence-electron chi connectivity index (χ2n) is 4.82. The summed E-state index contributed by atoms with van der Waals surface area (Å²) >= 11 is 0. The molecule has 0 aliphatic carbocycles. The van der Waals surface area contributed by atoms with Crippen LogP contribution in [0.2, 0.25) is 0 Å². The first-order valence-corrected chi connectivity index (χ1v) is 7.43. The molecule has 0 aliphatic rings. The van der Waals surface area contributed by atoms with E-state index in [1.54, 1.807) is 6.21 Å². The predicted molar refractivity (Wildman–Crippen MR) is 90.0 cm³/mol. The van der Waals surface area contributed by atoms with E-state index in [1.165, 1.54) is 0 Å². The molecule has 0 aliphatic heterocycles. The van der Waals surface area contributed by atoms with Gasteiger partial charge in [0.15, 0.2) is 6.61 Å². The Morgan fingerprint density at radius 1 is 1.09 bits per heavy atom. The van der Waals surface area contributed by atoms with Gasteiger partial charge in [0, 0.05) is 5.56 Å². The highest BCUT2D eigenvalue weighted by atomic mass is 16.5. The average Bonchev–Trinajstić information content (AvgIpc) is 2.56. The standard InChI is InChI=1S/C18H20N2O3/c1-3-22-17-11-7-5-9-15(17)12-19-20-18(21)13-23-16-10-6-4-8-14(16)2/h4-12H,3,13H2,1-2H3,(H,20,21)/b19-12-. The molecule has 2 rings (SSSR count). The van der Waals surface area contributed by atoms with Crippen molar-refractivity contribution in [3.63, 3.8) is 0 Å². The molecule has 5 nitrogen and oxygen atoms in total. The highest BCUT2D eigenvalue weighted by Gasteiger charge is 2.03. The Balaban J connectivity index is 1.86. The lowest BCUT2D eigenvalue weighted by molar-refractivity contribution is -0.123. The molecule has 0 fully saturated rings. The van der Waals surface area contributed by atoms with Gasteiger partial charge >= 0.3 is 0 Å². The molecule has 0 aromatic heterocycles. The number of hydrazone groups is 1. The van der Waals surface area contributed by atoms with Crippen molar-refractivity contribution in [1.82, 2.24) is 5.43 Å². The van der Waals surface area contributed by atoms with E-state index in [0.717, 1.165) is 16.9 Å². The molecule has 120 valence electrons. The van der Waals surface area contributed by atoms with E-state index in [9.17, 15) is 4.79 Å². The highest BCUT2D eigenvalue weighted by Crippen LogP contribution is 2.16. The van der Waals surface area contributed by atoms with E-state index < -0.39 is 0 Å². The van der Waals surface area contributed by atoms with Crippen LogP contribution in [-0.2, 0) is 4.79 Å². The number of rotatable bonds is 7. The maximum atomic E-state index is 11.7. The summed E-state index contributed by atoms with van der Waals surface area (Å²) in [6.07, 6.45) is 1.55. The minimum Gasteiger partial charge on any atom is -0.493 e. The summed E-state index contributed by atoms with van der Waals surface area (Å²) in [5.74, 6) is 1.09. The van der Waals surface area contributed by atoms with Crippen LogP contribution in [-0.4, -0.2) is 25.3 Å². The van der Waals surface area contributed by atoms with Crippen LogP contribution in [0, 0.1) is 6.92 Å². The SMILES string of the molecule is CCOc1ccccc1/C=N\NC(=O)COc1ccccc1C. The number of benzene rings is 2. The fourth-order valence-corrected chi connectivity index (χ4v) is 1.94. The summed E-state index contributed by atoms with van der Waals surface area (Å²) in [5.41, 5.74) is 4.22. The monoisotopic (exact) mass is 312 g/mol. The lowest BCUT2D eigenvalue weighted by atomic mass is 10.2. The summed E-state index contributed by atoms with van der Waals surface area (Å²) < 4.78 is 10.9. The van der Waals surface area contributed by atoms with Gasteiger partial charge in [0.05, 0.1) is 12.8 Å². The first-order valence-electron chi connectivity index (χ1n) is 7.43. The van der Waals surface area contributed by atoms with Gasteiger partial charge in [-0.05, 0) is 37.6 Å². The number of para-hydroxylation sites is 2. The van der Waals surface area contributed by atoms with Gasteiger partial charge in [-0.2, -0.15) is 5.10 Å². The average molecular weight is 312 g/mol. The molecule has 2 aromatic carbocycles. The van der Waals surface area contributed by atoms with E-state index in [0.29, 0.717) is 12.4 Å². The molecule has 1 N–H and O–H groups in total. The molecular formula is C18H20N2O3. The number of amides is 1. The summed E-state index contributed by atoms with van der Waals surface area (Å²) in [4.78, 5) is 11.7. The molecule has 0 bridgehead atoms. The molecule has 0 spiro atoms. The van der Waals surface area contributed by atoms with Crippen molar-refractivity contribution in [2.75, 3.05) is 13.2 Å². The van der Waals surface area contributed by atoms with Crippen molar-refractivity contribution in [3.8, 4) is 11.5 Å². The topological polar surface area (TPSA) is 59.9 Å². The summed E-state index contributed by atoms with van der Waals surface area (Å²) in [5, 5.41) is 3.93. The number of ether oxygens (including phenoxy) is 2.